The third kappa shape index (κ3) is 1.96. The van der Waals surface area contributed by atoms with Crippen molar-refractivity contribution in [3.05, 3.63) is 0 Å². The Labute approximate surface area is 109 Å². The SMILES string of the molecule is CCC(=O)NC1C(=O)N2CC(C)(C(=O)O)CS[C@H]12. The second-order valence-corrected chi connectivity index (χ2v) is 6.04. The Balaban J connectivity index is 2.02. The van der Waals surface area contributed by atoms with E-state index < -0.39 is 17.4 Å². The molecule has 2 fully saturated rings. The van der Waals surface area contributed by atoms with Crippen molar-refractivity contribution in [1.29, 1.82) is 0 Å². The topological polar surface area (TPSA) is 86.7 Å². The molecule has 0 bridgehead atoms. The Morgan fingerprint density at radius 3 is 2.83 bits per heavy atom. The van der Waals surface area contributed by atoms with Crippen LogP contribution in [0.2, 0.25) is 0 Å². The van der Waals surface area contributed by atoms with Crippen molar-refractivity contribution >= 4 is 29.5 Å². The Morgan fingerprint density at radius 1 is 1.61 bits per heavy atom. The molecule has 0 radical (unpaired) electrons. The maximum Gasteiger partial charge on any atom is 0.312 e. The zero-order valence-corrected chi connectivity index (χ0v) is 11.1. The zero-order chi connectivity index (χ0) is 13.5. The minimum Gasteiger partial charge on any atom is -0.481 e. The van der Waals surface area contributed by atoms with Crippen molar-refractivity contribution in [1.82, 2.24) is 10.2 Å². The molecular formula is C11H16N2O4S. The van der Waals surface area contributed by atoms with E-state index in [9.17, 15) is 14.4 Å². The van der Waals surface area contributed by atoms with Crippen LogP contribution in [0.5, 0.6) is 0 Å². The first-order valence-electron chi connectivity index (χ1n) is 5.84. The smallest absolute Gasteiger partial charge is 0.312 e. The van der Waals surface area contributed by atoms with Crippen LogP contribution in [0.1, 0.15) is 20.3 Å². The second kappa shape index (κ2) is 4.46. The lowest BCUT2D eigenvalue weighted by atomic mass is 9.89. The van der Waals surface area contributed by atoms with Crippen LogP contribution in [-0.4, -0.2) is 51.5 Å². The molecule has 0 spiro atoms. The Kier molecular flexibility index (Phi) is 3.27. The number of carbonyl (C=O) groups is 3. The molecule has 0 aromatic heterocycles. The highest BCUT2D eigenvalue weighted by Crippen LogP contribution is 2.41. The van der Waals surface area contributed by atoms with Gasteiger partial charge in [0.2, 0.25) is 11.8 Å². The summed E-state index contributed by atoms with van der Waals surface area (Å²) in [4.78, 5) is 35.8. The van der Waals surface area contributed by atoms with Crippen LogP contribution in [0.4, 0.5) is 0 Å². The van der Waals surface area contributed by atoms with Crippen molar-refractivity contribution < 1.29 is 19.5 Å². The van der Waals surface area contributed by atoms with Crippen LogP contribution >= 0.6 is 11.8 Å². The number of nitrogens with one attached hydrogen (secondary N) is 1. The molecule has 2 heterocycles. The van der Waals surface area contributed by atoms with Gasteiger partial charge in [-0.1, -0.05) is 6.92 Å². The van der Waals surface area contributed by atoms with Gasteiger partial charge in [-0.25, -0.2) is 0 Å². The summed E-state index contributed by atoms with van der Waals surface area (Å²) in [6.07, 6.45) is 0.341. The first-order chi connectivity index (χ1) is 8.39. The highest BCUT2D eigenvalue weighted by molar-refractivity contribution is 8.00. The minimum atomic E-state index is -0.892. The van der Waals surface area contributed by atoms with E-state index in [0.717, 1.165) is 0 Å². The van der Waals surface area contributed by atoms with E-state index in [4.69, 9.17) is 5.11 Å². The lowest BCUT2D eigenvalue weighted by molar-refractivity contribution is -0.157. The molecule has 2 N–H and O–H groups in total. The lowest BCUT2D eigenvalue weighted by Gasteiger charge is -2.53. The molecule has 18 heavy (non-hydrogen) atoms. The summed E-state index contributed by atoms with van der Waals surface area (Å²) in [5.74, 6) is -0.765. The first-order valence-corrected chi connectivity index (χ1v) is 6.89. The number of amides is 2. The number of β-lactam (4-membered cyclic amide) rings is 1. The third-order valence-electron chi connectivity index (χ3n) is 3.39. The Morgan fingerprint density at radius 2 is 2.28 bits per heavy atom. The van der Waals surface area contributed by atoms with Gasteiger partial charge in [-0.3, -0.25) is 14.4 Å². The minimum absolute atomic E-state index is 0.111. The molecule has 2 rings (SSSR count). The number of carboxylic acids is 1. The van der Waals surface area contributed by atoms with Gasteiger partial charge in [0.25, 0.3) is 0 Å². The summed E-state index contributed by atoms with van der Waals surface area (Å²) in [6.45, 7) is 3.59. The van der Waals surface area contributed by atoms with Gasteiger partial charge < -0.3 is 15.3 Å². The van der Waals surface area contributed by atoms with Crippen molar-refractivity contribution in [2.24, 2.45) is 5.41 Å². The summed E-state index contributed by atoms with van der Waals surface area (Å²) in [6, 6.07) is -0.485. The maximum absolute atomic E-state index is 11.9. The molecule has 3 atom stereocenters. The second-order valence-electron chi connectivity index (χ2n) is 4.93. The van der Waals surface area contributed by atoms with E-state index in [1.54, 1.807) is 18.7 Å². The Hall–Kier alpha value is -1.24. The molecule has 6 nitrogen and oxygen atoms in total. The summed E-state index contributed by atoms with van der Waals surface area (Å²) < 4.78 is 0. The fourth-order valence-corrected chi connectivity index (χ4v) is 3.60. The van der Waals surface area contributed by atoms with E-state index in [2.05, 4.69) is 5.32 Å². The number of rotatable bonds is 3. The number of nitrogens with zero attached hydrogens (tertiary/aromatic N) is 1. The molecular weight excluding hydrogens is 256 g/mol. The number of carboxylic acid groups (broad SMARTS) is 1. The summed E-state index contributed by atoms with van der Waals surface area (Å²) in [5, 5.41) is 11.7. The average molecular weight is 272 g/mol. The number of aliphatic carboxylic acids is 1. The summed E-state index contributed by atoms with van der Waals surface area (Å²) >= 11 is 1.42. The molecule has 0 aromatic carbocycles. The van der Waals surface area contributed by atoms with Gasteiger partial charge in [0, 0.05) is 18.7 Å². The molecule has 2 aliphatic rings. The molecule has 0 saturated carbocycles. The number of hydrogen-bond acceptors (Lipinski definition) is 4. The van der Waals surface area contributed by atoms with Gasteiger partial charge in [0.1, 0.15) is 11.4 Å². The van der Waals surface area contributed by atoms with Crippen LogP contribution in [0, 0.1) is 5.41 Å². The van der Waals surface area contributed by atoms with Crippen LogP contribution in [0.3, 0.4) is 0 Å². The molecule has 2 amide bonds. The molecule has 2 saturated heterocycles. The number of thioether (sulfide) groups is 1. The van der Waals surface area contributed by atoms with Crippen LogP contribution in [0.25, 0.3) is 0 Å². The van der Waals surface area contributed by atoms with Crippen molar-refractivity contribution in [3.8, 4) is 0 Å². The number of hydrogen-bond donors (Lipinski definition) is 2. The molecule has 0 aliphatic carbocycles. The quantitative estimate of drug-likeness (QED) is 0.700. The molecule has 0 aromatic rings. The predicted octanol–water partition coefficient (Wildman–Crippen LogP) is -0.113. The lowest BCUT2D eigenvalue weighted by Crippen LogP contribution is -2.73. The van der Waals surface area contributed by atoms with Crippen molar-refractivity contribution in [2.45, 2.75) is 31.7 Å². The molecule has 2 aliphatic heterocycles. The van der Waals surface area contributed by atoms with Crippen LogP contribution in [0.15, 0.2) is 0 Å². The van der Waals surface area contributed by atoms with E-state index in [1.165, 1.54) is 11.8 Å². The van der Waals surface area contributed by atoms with E-state index in [0.29, 0.717) is 12.2 Å². The van der Waals surface area contributed by atoms with Gasteiger partial charge in [-0.2, -0.15) is 0 Å². The number of fused-ring (bicyclic) bond motifs is 1. The Bertz CT molecular complexity index is 414. The monoisotopic (exact) mass is 272 g/mol. The fraction of sp³-hybridized carbons (Fsp3) is 0.727. The average Bonchev–Trinajstić information content (AvgIpc) is 2.35. The zero-order valence-electron chi connectivity index (χ0n) is 10.3. The third-order valence-corrected chi connectivity index (χ3v) is 5.06. The maximum atomic E-state index is 11.9. The fourth-order valence-electron chi connectivity index (χ4n) is 2.11. The predicted molar refractivity (Wildman–Crippen MR) is 65.9 cm³/mol. The summed E-state index contributed by atoms with van der Waals surface area (Å²) in [7, 11) is 0. The molecule has 2 unspecified atom stereocenters. The van der Waals surface area contributed by atoms with E-state index in [-0.39, 0.29) is 23.7 Å². The molecule has 100 valence electrons. The highest BCUT2D eigenvalue weighted by atomic mass is 32.2. The van der Waals surface area contributed by atoms with Gasteiger partial charge in [0.05, 0.1) is 5.41 Å². The van der Waals surface area contributed by atoms with E-state index >= 15 is 0 Å². The summed E-state index contributed by atoms with van der Waals surface area (Å²) in [5.41, 5.74) is -0.892. The van der Waals surface area contributed by atoms with Gasteiger partial charge in [0.15, 0.2) is 0 Å². The largest absolute Gasteiger partial charge is 0.481 e. The standard InChI is InChI=1S/C11H16N2O4S/c1-3-6(14)12-7-8(15)13-4-11(2,10(16)17)5-18-9(7)13/h7,9H,3-5H2,1-2H3,(H,12,14)(H,16,17)/t7?,9-,11?/m1/s1. The van der Waals surface area contributed by atoms with Crippen molar-refractivity contribution in [3.63, 3.8) is 0 Å². The number of carbonyl (C=O) groups excluding carboxylic acids is 2. The van der Waals surface area contributed by atoms with Crippen LogP contribution < -0.4 is 5.32 Å². The van der Waals surface area contributed by atoms with E-state index in [1.807, 2.05) is 0 Å². The first kappa shape index (κ1) is 13.2. The van der Waals surface area contributed by atoms with Crippen molar-refractivity contribution in [2.75, 3.05) is 12.3 Å². The molecule has 7 heteroatoms. The van der Waals surface area contributed by atoms with Crippen LogP contribution in [-0.2, 0) is 14.4 Å². The van der Waals surface area contributed by atoms with Gasteiger partial charge >= 0.3 is 5.97 Å². The normalized spacial score (nSPS) is 34.6. The highest BCUT2D eigenvalue weighted by Gasteiger charge is 2.55. The van der Waals surface area contributed by atoms with Gasteiger partial charge in [-0.05, 0) is 6.92 Å². The van der Waals surface area contributed by atoms with Gasteiger partial charge in [-0.15, -0.1) is 11.8 Å².